The normalized spacial score (nSPS) is 10.0. The number of hydrogen-bond donors (Lipinski definition) is 1. The zero-order valence-corrected chi connectivity index (χ0v) is 10.9. The molecule has 0 spiro atoms. The Balaban J connectivity index is 3.83. The minimum Gasteiger partial charge on any atom is -0.477 e. The molecule has 0 heterocycles. The van der Waals surface area contributed by atoms with Gasteiger partial charge in [-0.05, 0) is 31.9 Å². The highest BCUT2D eigenvalue weighted by atomic mass is 79.9. The van der Waals surface area contributed by atoms with Crippen LogP contribution in [-0.2, 0) is 0 Å². The first-order valence-electron chi connectivity index (χ1n) is 3.81. The number of nitrogens with zero attached hydrogens (tertiary/aromatic N) is 2. The predicted octanol–water partition coefficient (Wildman–Crippen LogP) is 2.73. The molecule has 17 heavy (non-hydrogen) atoms. The van der Waals surface area contributed by atoms with E-state index in [2.05, 4.69) is 31.9 Å². The van der Waals surface area contributed by atoms with Gasteiger partial charge < -0.3 is 5.11 Å². The van der Waals surface area contributed by atoms with Crippen LogP contribution < -0.4 is 0 Å². The van der Waals surface area contributed by atoms with Crippen LogP contribution in [0.1, 0.15) is 10.4 Å². The van der Waals surface area contributed by atoms with Gasteiger partial charge in [-0.25, -0.2) is 4.79 Å². The van der Waals surface area contributed by atoms with Crippen molar-refractivity contribution in [2.24, 2.45) is 0 Å². The van der Waals surface area contributed by atoms with E-state index in [1.807, 2.05) is 0 Å². The number of nitro groups is 2. The van der Waals surface area contributed by atoms with Gasteiger partial charge in [0.15, 0.2) is 0 Å². The lowest BCUT2D eigenvalue weighted by Crippen LogP contribution is -2.08. The lowest BCUT2D eigenvalue weighted by atomic mass is 10.1. The number of halogens is 2. The maximum Gasteiger partial charge on any atom is 0.349 e. The monoisotopic (exact) mass is 368 g/mol. The molecule has 0 atom stereocenters. The Kier molecular flexibility index (Phi) is 3.78. The van der Waals surface area contributed by atoms with Gasteiger partial charge in [0.1, 0.15) is 4.47 Å². The third-order valence-electron chi connectivity index (χ3n) is 1.77. The highest BCUT2D eigenvalue weighted by Gasteiger charge is 2.35. The predicted molar refractivity (Wildman–Crippen MR) is 62.1 cm³/mol. The number of carboxylic acids is 1. The molecule has 0 aliphatic heterocycles. The van der Waals surface area contributed by atoms with Crippen LogP contribution in [0.25, 0.3) is 0 Å². The van der Waals surface area contributed by atoms with E-state index in [-0.39, 0.29) is 8.95 Å². The van der Waals surface area contributed by atoms with Crippen molar-refractivity contribution in [3.8, 4) is 0 Å². The lowest BCUT2D eigenvalue weighted by molar-refractivity contribution is -0.395. The van der Waals surface area contributed by atoms with Crippen LogP contribution in [0, 0.1) is 20.2 Å². The lowest BCUT2D eigenvalue weighted by Gasteiger charge is -2.03. The number of carboxylic acid groups (broad SMARTS) is 1. The SMILES string of the molecule is O=C(O)c1c([N+](=O)[O-])cc(Br)c(Br)c1[N+](=O)[O-]. The van der Waals surface area contributed by atoms with E-state index < -0.39 is 32.8 Å². The average Bonchev–Trinajstić information content (AvgIpc) is 2.19. The van der Waals surface area contributed by atoms with E-state index in [1.165, 1.54) is 0 Å². The van der Waals surface area contributed by atoms with Gasteiger partial charge in [-0.15, -0.1) is 0 Å². The molecule has 0 saturated carbocycles. The molecule has 1 rings (SSSR count). The van der Waals surface area contributed by atoms with Crippen LogP contribution in [0.3, 0.4) is 0 Å². The zero-order valence-electron chi connectivity index (χ0n) is 7.72. The highest BCUT2D eigenvalue weighted by Crippen LogP contribution is 2.40. The van der Waals surface area contributed by atoms with Gasteiger partial charge in [0.2, 0.25) is 5.56 Å². The van der Waals surface area contributed by atoms with Crippen LogP contribution in [0.15, 0.2) is 15.0 Å². The number of rotatable bonds is 3. The molecule has 1 N–H and O–H groups in total. The van der Waals surface area contributed by atoms with Crippen molar-refractivity contribution in [3.05, 3.63) is 40.8 Å². The van der Waals surface area contributed by atoms with Gasteiger partial charge in [-0.3, -0.25) is 20.2 Å². The summed E-state index contributed by atoms with van der Waals surface area (Å²) < 4.78 is -0.133. The largest absolute Gasteiger partial charge is 0.477 e. The van der Waals surface area contributed by atoms with Crippen LogP contribution >= 0.6 is 31.9 Å². The Bertz CT molecular complexity index is 544. The first kappa shape index (κ1) is 13.5. The molecule has 90 valence electrons. The summed E-state index contributed by atoms with van der Waals surface area (Å²) in [5.74, 6) is -1.74. The Hall–Kier alpha value is -1.55. The molecule has 0 amide bonds. The van der Waals surface area contributed by atoms with E-state index in [4.69, 9.17) is 5.11 Å². The molecule has 0 aliphatic rings. The number of nitro benzene ring substituents is 2. The van der Waals surface area contributed by atoms with Crippen LogP contribution in [0.5, 0.6) is 0 Å². The number of benzene rings is 1. The summed E-state index contributed by atoms with van der Waals surface area (Å²) in [5.41, 5.74) is -2.67. The van der Waals surface area contributed by atoms with E-state index in [0.29, 0.717) is 0 Å². The molecule has 0 unspecified atom stereocenters. The third-order valence-corrected chi connectivity index (χ3v) is 3.73. The molecule has 0 aliphatic carbocycles. The zero-order chi connectivity index (χ0) is 13.3. The molecular formula is C7H2Br2N2O6. The fraction of sp³-hybridized carbons (Fsp3) is 0. The molecule has 1 aromatic rings. The topological polar surface area (TPSA) is 124 Å². The summed E-state index contributed by atoms with van der Waals surface area (Å²) in [7, 11) is 0. The van der Waals surface area contributed by atoms with Gasteiger partial charge in [0.05, 0.1) is 9.85 Å². The Morgan fingerprint density at radius 3 is 2.12 bits per heavy atom. The summed E-state index contributed by atoms with van der Waals surface area (Å²) in [6, 6.07) is 0.889. The quantitative estimate of drug-likeness (QED) is 0.645. The van der Waals surface area contributed by atoms with Gasteiger partial charge in [-0.2, -0.15) is 0 Å². The van der Waals surface area contributed by atoms with Gasteiger partial charge in [0.25, 0.3) is 5.69 Å². The number of aromatic carboxylic acids is 1. The van der Waals surface area contributed by atoms with Gasteiger partial charge in [-0.1, -0.05) is 0 Å². The second-order valence-electron chi connectivity index (χ2n) is 2.73. The summed E-state index contributed by atoms with van der Waals surface area (Å²) >= 11 is 5.68. The van der Waals surface area contributed by atoms with E-state index in [1.54, 1.807) is 0 Å². The average molecular weight is 370 g/mol. The minimum atomic E-state index is -1.74. The molecule has 1 aromatic carbocycles. The fourth-order valence-corrected chi connectivity index (χ4v) is 1.99. The fourth-order valence-electron chi connectivity index (χ4n) is 1.13. The Morgan fingerprint density at radius 1 is 1.24 bits per heavy atom. The first-order chi connectivity index (χ1) is 7.77. The molecular weight excluding hydrogens is 368 g/mol. The van der Waals surface area contributed by atoms with Crippen molar-refractivity contribution >= 4 is 49.2 Å². The van der Waals surface area contributed by atoms with Crippen LogP contribution in [0.4, 0.5) is 11.4 Å². The molecule has 8 nitrogen and oxygen atoms in total. The molecule has 0 fully saturated rings. The van der Waals surface area contributed by atoms with Crippen molar-refractivity contribution in [1.29, 1.82) is 0 Å². The maximum atomic E-state index is 10.9. The maximum absolute atomic E-state index is 10.9. The van der Waals surface area contributed by atoms with E-state index in [9.17, 15) is 25.0 Å². The van der Waals surface area contributed by atoms with Crippen LogP contribution in [0.2, 0.25) is 0 Å². The second kappa shape index (κ2) is 4.75. The standard InChI is InChI=1S/C7H2Br2N2O6/c8-2-1-3(10(14)15)4(7(12)13)6(5(2)9)11(16)17/h1H,(H,12,13). The summed E-state index contributed by atoms with van der Waals surface area (Å²) in [5, 5.41) is 30.2. The van der Waals surface area contributed by atoms with Crippen molar-refractivity contribution < 1.29 is 19.7 Å². The third kappa shape index (κ3) is 2.42. The van der Waals surface area contributed by atoms with Crippen molar-refractivity contribution in [1.82, 2.24) is 0 Å². The van der Waals surface area contributed by atoms with Gasteiger partial charge >= 0.3 is 11.7 Å². The van der Waals surface area contributed by atoms with Crippen molar-refractivity contribution in [3.63, 3.8) is 0 Å². The Morgan fingerprint density at radius 2 is 1.76 bits per heavy atom. The molecule has 10 heteroatoms. The van der Waals surface area contributed by atoms with E-state index >= 15 is 0 Å². The van der Waals surface area contributed by atoms with Crippen LogP contribution in [-0.4, -0.2) is 20.9 Å². The first-order valence-corrected chi connectivity index (χ1v) is 5.40. The van der Waals surface area contributed by atoms with Crippen molar-refractivity contribution in [2.75, 3.05) is 0 Å². The van der Waals surface area contributed by atoms with E-state index in [0.717, 1.165) is 6.07 Å². The molecule has 0 bridgehead atoms. The smallest absolute Gasteiger partial charge is 0.349 e. The molecule has 0 radical (unpaired) electrons. The molecule has 0 aromatic heterocycles. The summed E-state index contributed by atoms with van der Waals surface area (Å²) in [6.07, 6.45) is 0. The van der Waals surface area contributed by atoms with Crippen molar-refractivity contribution in [2.45, 2.75) is 0 Å². The highest BCUT2D eigenvalue weighted by molar-refractivity contribution is 9.13. The summed E-state index contributed by atoms with van der Waals surface area (Å²) in [4.78, 5) is 30.3. The minimum absolute atomic E-state index is 0.0286. The summed E-state index contributed by atoms with van der Waals surface area (Å²) in [6.45, 7) is 0. The second-order valence-corrected chi connectivity index (χ2v) is 4.38. The van der Waals surface area contributed by atoms with Gasteiger partial charge in [0, 0.05) is 10.5 Å². The number of hydrogen-bond acceptors (Lipinski definition) is 5. The molecule has 0 saturated heterocycles. The Labute approximate surface area is 110 Å². The number of carbonyl (C=O) groups is 1.